The number of nitrogens with one attached hydrogen (secondary N) is 1. The average molecular weight is 604 g/mol. The summed E-state index contributed by atoms with van der Waals surface area (Å²) < 4.78 is 16.7. The van der Waals surface area contributed by atoms with Crippen LogP contribution >= 0.6 is 11.3 Å². The van der Waals surface area contributed by atoms with Gasteiger partial charge in [0.05, 0.1) is 28.8 Å². The highest BCUT2D eigenvalue weighted by Crippen LogP contribution is 2.33. The fourth-order valence-electron chi connectivity index (χ4n) is 4.52. The molecule has 11 heteroatoms. The van der Waals surface area contributed by atoms with Crippen LogP contribution in [0.5, 0.6) is 5.75 Å². The van der Waals surface area contributed by atoms with Crippen molar-refractivity contribution in [2.75, 3.05) is 26.4 Å². The second kappa shape index (κ2) is 14.0. The van der Waals surface area contributed by atoms with E-state index in [0.717, 1.165) is 21.7 Å². The molecule has 42 heavy (non-hydrogen) atoms. The molecule has 2 amide bonds. The van der Waals surface area contributed by atoms with Crippen LogP contribution in [0.4, 0.5) is 0 Å². The topological polar surface area (TPSA) is 127 Å². The number of aliphatic hydroxyl groups is 1. The quantitative estimate of drug-likeness (QED) is 0.290. The maximum atomic E-state index is 13.3. The molecule has 0 unspecified atom stereocenters. The first-order valence-corrected chi connectivity index (χ1v) is 15.2. The Labute approximate surface area is 252 Å². The van der Waals surface area contributed by atoms with E-state index in [4.69, 9.17) is 14.2 Å². The number of hydrogen-bond acceptors (Lipinski definition) is 9. The molecule has 0 spiro atoms. The number of β-amino-alcohol motifs (C(OH)–C–C–N with tert-alkyl or cyclic N) is 1. The summed E-state index contributed by atoms with van der Waals surface area (Å²) in [5.74, 6) is -0.662. The van der Waals surface area contributed by atoms with Crippen LogP contribution in [-0.2, 0) is 30.4 Å². The number of ether oxygens (including phenoxy) is 3. The minimum Gasteiger partial charge on any atom is -0.491 e. The first-order valence-electron chi connectivity index (χ1n) is 14.3. The Morgan fingerprint density at radius 1 is 1.17 bits per heavy atom. The zero-order valence-electron chi connectivity index (χ0n) is 26.0. The fraction of sp³-hybridized carbons (Fsp3) is 0.613. The predicted molar refractivity (Wildman–Crippen MR) is 161 cm³/mol. The lowest BCUT2D eigenvalue weighted by Crippen LogP contribution is -2.49. The van der Waals surface area contributed by atoms with Gasteiger partial charge in [0.15, 0.2) is 0 Å². The molecule has 0 aliphatic carbocycles. The van der Waals surface area contributed by atoms with E-state index < -0.39 is 23.7 Å². The van der Waals surface area contributed by atoms with E-state index in [1.165, 1.54) is 16.2 Å². The van der Waals surface area contributed by atoms with E-state index in [-0.39, 0.29) is 62.5 Å². The van der Waals surface area contributed by atoms with Gasteiger partial charge in [-0.1, -0.05) is 39.8 Å². The smallest absolute Gasteiger partial charge is 0.332 e. The number of rotatable bonds is 11. The third kappa shape index (κ3) is 9.24. The number of benzene rings is 1. The van der Waals surface area contributed by atoms with Gasteiger partial charge in [0.1, 0.15) is 30.6 Å². The molecule has 1 saturated heterocycles. The highest BCUT2D eigenvalue weighted by atomic mass is 32.1. The highest BCUT2D eigenvalue weighted by molar-refractivity contribution is 7.13. The van der Waals surface area contributed by atoms with Gasteiger partial charge in [-0.2, -0.15) is 0 Å². The van der Waals surface area contributed by atoms with Crippen LogP contribution in [0, 0.1) is 18.3 Å². The van der Waals surface area contributed by atoms with Gasteiger partial charge in [-0.05, 0) is 44.7 Å². The van der Waals surface area contributed by atoms with Crippen LogP contribution < -0.4 is 10.1 Å². The minimum atomic E-state index is -0.752. The summed E-state index contributed by atoms with van der Waals surface area (Å²) in [4.78, 5) is 45.3. The lowest BCUT2D eigenvalue weighted by atomic mass is 9.81. The average Bonchev–Trinajstić information content (AvgIpc) is 3.50. The third-order valence-corrected chi connectivity index (χ3v) is 8.16. The Morgan fingerprint density at radius 3 is 2.50 bits per heavy atom. The summed E-state index contributed by atoms with van der Waals surface area (Å²) in [6.07, 6.45) is -0.561. The summed E-state index contributed by atoms with van der Waals surface area (Å²) in [6.45, 7) is 15.6. The largest absolute Gasteiger partial charge is 0.491 e. The number of nitrogens with zero attached hydrogens (tertiary/aromatic N) is 2. The van der Waals surface area contributed by atoms with Crippen LogP contribution in [-0.4, -0.2) is 76.9 Å². The highest BCUT2D eigenvalue weighted by Gasteiger charge is 2.42. The monoisotopic (exact) mass is 603 g/mol. The number of aryl methyl sites for hydroxylation is 1. The van der Waals surface area contributed by atoms with E-state index >= 15 is 0 Å². The first kappa shape index (κ1) is 33.5. The molecular weight excluding hydrogens is 558 g/mol. The lowest BCUT2D eigenvalue weighted by molar-refractivity contribution is -0.160. The number of aliphatic hydroxyl groups excluding tert-OH is 1. The second-order valence-electron chi connectivity index (χ2n) is 12.8. The summed E-state index contributed by atoms with van der Waals surface area (Å²) in [6, 6.07) is 4.99. The molecular formula is C31H45N3O7S. The molecule has 2 N–H and O–H groups in total. The molecule has 0 radical (unpaired) electrons. The Hall–Kier alpha value is -3.02. The zero-order valence-corrected chi connectivity index (χ0v) is 26.8. The van der Waals surface area contributed by atoms with Gasteiger partial charge in [0, 0.05) is 31.0 Å². The SMILES string of the molecule is Cc1ncsc1-c1ccc(CNC(=O)[C@@H]2C[C@@H](O)CN2C(=O)[C@@H](C)C(C)(C)C)c(OCCOCC(=O)OC(C)(C)C)c1. The van der Waals surface area contributed by atoms with Gasteiger partial charge in [-0.25, -0.2) is 9.78 Å². The van der Waals surface area contributed by atoms with E-state index in [1.807, 2.05) is 52.8 Å². The van der Waals surface area contributed by atoms with E-state index in [0.29, 0.717) is 5.75 Å². The van der Waals surface area contributed by atoms with E-state index in [2.05, 4.69) is 10.3 Å². The molecule has 2 heterocycles. The summed E-state index contributed by atoms with van der Waals surface area (Å²) in [7, 11) is 0. The number of likely N-dealkylation sites (tertiary alicyclic amines) is 1. The van der Waals surface area contributed by atoms with Crippen molar-refractivity contribution in [3.8, 4) is 16.2 Å². The van der Waals surface area contributed by atoms with Crippen molar-refractivity contribution in [1.82, 2.24) is 15.2 Å². The number of aromatic nitrogens is 1. The molecule has 0 saturated carbocycles. The Morgan fingerprint density at radius 2 is 1.88 bits per heavy atom. The Bertz CT molecular complexity index is 1250. The predicted octanol–water partition coefficient (Wildman–Crippen LogP) is 4.12. The number of amides is 2. The van der Waals surface area contributed by atoms with E-state index in [9.17, 15) is 19.5 Å². The van der Waals surface area contributed by atoms with Crippen LogP contribution in [0.2, 0.25) is 0 Å². The van der Waals surface area contributed by atoms with Crippen LogP contribution in [0.1, 0.15) is 66.1 Å². The normalized spacial score (nSPS) is 18.1. The Kier molecular flexibility index (Phi) is 11.1. The number of thiazole rings is 1. The zero-order chi connectivity index (χ0) is 31.2. The number of hydrogen-bond donors (Lipinski definition) is 2. The van der Waals surface area contributed by atoms with Crippen LogP contribution in [0.25, 0.3) is 10.4 Å². The van der Waals surface area contributed by atoms with Crippen molar-refractivity contribution in [2.24, 2.45) is 11.3 Å². The molecule has 3 atom stereocenters. The van der Waals surface area contributed by atoms with Gasteiger partial charge in [0.25, 0.3) is 0 Å². The van der Waals surface area contributed by atoms with Crippen LogP contribution in [0.15, 0.2) is 23.7 Å². The number of carbonyl (C=O) groups is 3. The van der Waals surface area contributed by atoms with Crippen molar-refractivity contribution >= 4 is 29.1 Å². The van der Waals surface area contributed by atoms with Crippen molar-refractivity contribution in [3.63, 3.8) is 0 Å². The Balaban J connectivity index is 1.68. The maximum absolute atomic E-state index is 13.3. The van der Waals surface area contributed by atoms with Crippen molar-refractivity contribution in [3.05, 3.63) is 35.0 Å². The second-order valence-corrected chi connectivity index (χ2v) is 13.6. The van der Waals surface area contributed by atoms with Gasteiger partial charge in [-0.3, -0.25) is 9.59 Å². The van der Waals surface area contributed by atoms with Crippen molar-refractivity contribution in [1.29, 1.82) is 0 Å². The first-order chi connectivity index (χ1) is 19.6. The van der Waals surface area contributed by atoms with Crippen molar-refractivity contribution in [2.45, 2.75) is 86.1 Å². The molecule has 1 aliphatic heterocycles. The third-order valence-electron chi connectivity index (χ3n) is 7.19. The van der Waals surface area contributed by atoms with Gasteiger partial charge < -0.3 is 29.5 Å². The van der Waals surface area contributed by atoms with Crippen LogP contribution in [0.3, 0.4) is 0 Å². The maximum Gasteiger partial charge on any atom is 0.332 e. The van der Waals surface area contributed by atoms with Gasteiger partial charge in [-0.15, -0.1) is 11.3 Å². The molecule has 3 rings (SSSR count). The standard InChI is InChI=1S/C31H45N3O7S/c1-19(30(3,4)5)29(38)34-16-23(35)14-24(34)28(37)32-15-22-10-9-21(27-20(2)33-18-42-27)13-25(22)40-12-11-39-17-26(36)41-31(6,7)8/h9-10,13,18-19,23-24,35H,11-12,14-17H2,1-8H3,(H,32,37)/t19-,23-,24+/m1/s1. The number of esters is 1. The molecule has 10 nitrogen and oxygen atoms in total. The molecule has 1 aliphatic rings. The number of carbonyl (C=O) groups excluding carboxylic acids is 3. The molecule has 1 fully saturated rings. The van der Waals surface area contributed by atoms with E-state index in [1.54, 1.807) is 26.3 Å². The molecule has 1 aromatic heterocycles. The lowest BCUT2D eigenvalue weighted by Gasteiger charge is -2.32. The van der Waals surface area contributed by atoms with Gasteiger partial charge in [0.2, 0.25) is 11.8 Å². The molecule has 1 aromatic carbocycles. The fourth-order valence-corrected chi connectivity index (χ4v) is 5.32. The van der Waals surface area contributed by atoms with Gasteiger partial charge >= 0.3 is 5.97 Å². The summed E-state index contributed by atoms with van der Waals surface area (Å²) in [5.41, 5.74) is 3.50. The minimum absolute atomic E-state index is 0.137. The molecule has 2 aromatic rings. The summed E-state index contributed by atoms with van der Waals surface area (Å²) >= 11 is 1.53. The van der Waals surface area contributed by atoms with Crippen molar-refractivity contribution < 1.29 is 33.7 Å². The molecule has 232 valence electrons. The molecule has 0 bridgehead atoms. The summed E-state index contributed by atoms with van der Waals surface area (Å²) in [5, 5.41) is 13.3.